The highest BCUT2D eigenvalue weighted by Gasteiger charge is 2.24. The lowest BCUT2D eigenvalue weighted by atomic mass is 10.0. The van der Waals surface area contributed by atoms with E-state index in [4.69, 9.17) is 18.6 Å². The van der Waals surface area contributed by atoms with Crippen molar-refractivity contribution in [3.63, 3.8) is 0 Å². The van der Waals surface area contributed by atoms with Crippen LogP contribution in [0.2, 0.25) is 0 Å². The molecular weight excluding hydrogens is 418 g/mol. The van der Waals surface area contributed by atoms with Gasteiger partial charge in [0.05, 0.1) is 19.8 Å². The van der Waals surface area contributed by atoms with E-state index in [2.05, 4.69) is 11.8 Å². The van der Waals surface area contributed by atoms with E-state index in [1.807, 2.05) is 6.92 Å². The second-order valence-corrected chi connectivity index (χ2v) is 9.25. The molecule has 0 radical (unpaired) electrons. The molecule has 0 amide bonds. The highest BCUT2D eigenvalue weighted by molar-refractivity contribution is 5.92. The third-order valence-electron chi connectivity index (χ3n) is 6.44. The first-order valence-electron chi connectivity index (χ1n) is 13.4. The van der Waals surface area contributed by atoms with Gasteiger partial charge in [0.1, 0.15) is 18.1 Å². The van der Waals surface area contributed by atoms with Crippen LogP contribution in [0.3, 0.4) is 0 Å². The Hall–Kier alpha value is -1.53. The van der Waals surface area contributed by atoms with Crippen LogP contribution in [0.25, 0.3) is 0 Å². The first-order chi connectivity index (χ1) is 16.2. The number of rotatable bonds is 19. The van der Waals surface area contributed by atoms with Gasteiger partial charge in [-0.1, -0.05) is 90.4 Å². The number of furan rings is 1. The van der Waals surface area contributed by atoms with Crippen LogP contribution >= 0.6 is 0 Å². The van der Waals surface area contributed by atoms with Crippen molar-refractivity contribution in [1.82, 2.24) is 4.90 Å². The first-order valence-corrected chi connectivity index (χ1v) is 13.4. The van der Waals surface area contributed by atoms with Gasteiger partial charge < -0.3 is 18.6 Å². The third kappa shape index (κ3) is 11.9. The van der Waals surface area contributed by atoms with E-state index in [0.29, 0.717) is 31.1 Å². The van der Waals surface area contributed by atoms with Crippen molar-refractivity contribution in [2.75, 3.05) is 32.9 Å². The van der Waals surface area contributed by atoms with Crippen molar-refractivity contribution < 1.29 is 23.4 Å². The van der Waals surface area contributed by atoms with Crippen LogP contribution in [-0.4, -0.2) is 50.0 Å². The molecular formula is C27H47NO5. The Kier molecular flexibility index (Phi) is 15.0. The molecule has 33 heavy (non-hydrogen) atoms. The zero-order valence-corrected chi connectivity index (χ0v) is 21.2. The minimum atomic E-state index is -0.404. The number of esters is 1. The monoisotopic (exact) mass is 465 g/mol. The van der Waals surface area contributed by atoms with Crippen LogP contribution in [-0.2, 0) is 9.47 Å². The molecule has 0 saturated carbocycles. The van der Waals surface area contributed by atoms with Crippen molar-refractivity contribution in [2.24, 2.45) is 0 Å². The summed E-state index contributed by atoms with van der Waals surface area (Å²) in [5, 5.41) is 0. The smallest absolute Gasteiger partial charge is 0.346 e. The van der Waals surface area contributed by atoms with Gasteiger partial charge >= 0.3 is 5.97 Å². The molecule has 0 aliphatic carbocycles. The average Bonchev–Trinajstić information content (AvgIpc) is 3.31. The van der Waals surface area contributed by atoms with Crippen LogP contribution in [0.15, 0.2) is 16.9 Å². The number of carbonyl (C=O) groups excluding carboxylic acids is 1. The summed E-state index contributed by atoms with van der Waals surface area (Å²) < 4.78 is 22.0. The molecule has 2 heterocycles. The third-order valence-corrected chi connectivity index (χ3v) is 6.44. The van der Waals surface area contributed by atoms with Gasteiger partial charge in [-0.15, -0.1) is 0 Å². The molecule has 1 fully saturated rings. The Bertz CT molecular complexity index is 611. The fourth-order valence-corrected chi connectivity index (χ4v) is 4.26. The Morgan fingerprint density at radius 3 is 2.00 bits per heavy atom. The van der Waals surface area contributed by atoms with Crippen LogP contribution in [0, 0.1) is 0 Å². The summed E-state index contributed by atoms with van der Waals surface area (Å²) in [5.41, 5.74) is 0.362. The SMILES string of the molecule is CCCCCCCCCCCCCCCCOc1cocc1C(=O)OC(C)N1CCOCC1. The summed E-state index contributed by atoms with van der Waals surface area (Å²) in [4.78, 5) is 14.6. The Morgan fingerprint density at radius 2 is 1.42 bits per heavy atom. The van der Waals surface area contributed by atoms with Gasteiger partial charge in [0, 0.05) is 13.1 Å². The molecule has 0 spiro atoms. The molecule has 1 aromatic heterocycles. The number of hydrogen-bond donors (Lipinski definition) is 0. The van der Waals surface area contributed by atoms with Crippen molar-refractivity contribution in [2.45, 2.75) is 110 Å². The number of nitrogens with zero attached hydrogens (tertiary/aromatic N) is 1. The van der Waals surface area contributed by atoms with Gasteiger partial charge in [0.15, 0.2) is 12.0 Å². The summed E-state index contributed by atoms with van der Waals surface area (Å²) in [6.45, 7) is 7.62. The van der Waals surface area contributed by atoms with Crippen molar-refractivity contribution in [3.05, 3.63) is 18.1 Å². The Morgan fingerprint density at radius 1 is 0.879 bits per heavy atom. The second-order valence-electron chi connectivity index (χ2n) is 9.25. The molecule has 1 saturated heterocycles. The van der Waals surface area contributed by atoms with Crippen LogP contribution in [0.1, 0.15) is 114 Å². The van der Waals surface area contributed by atoms with Gasteiger partial charge in [-0.2, -0.15) is 0 Å². The van der Waals surface area contributed by atoms with Crippen LogP contribution in [0.5, 0.6) is 5.75 Å². The molecule has 1 aliphatic heterocycles. The quantitative estimate of drug-likeness (QED) is 0.162. The molecule has 190 valence electrons. The normalized spacial score (nSPS) is 15.5. The van der Waals surface area contributed by atoms with Crippen molar-refractivity contribution >= 4 is 5.97 Å². The maximum atomic E-state index is 12.5. The number of morpholine rings is 1. The summed E-state index contributed by atoms with van der Waals surface area (Å²) in [6.07, 6.45) is 21.2. The van der Waals surface area contributed by atoms with E-state index < -0.39 is 5.97 Å². The standard InChI is InChI=1S/C27H47NO5/c1-3-4-5-6-7-8-9-10-11-12-13-14-15-16-19-32-26-23-31-22-25(26)27(29)33-24(2)28-17-20-30-21-18-28/h22-24H,3-21H2,1-2H3. The van der Waals surface area contributed by atoms with Gasteiger partial charge in [0.2, 0.25) is 0 Å². The predicted octanol–water partition coefficient (Wildman–Crippen LogP) is 6.97. The summed E-state index contributed by atoms with van der Waals surface area (Å²) >= 11 is 0. The van der Waals surface area contributed by atoms with Crippen molar-refractivity contribution in [3.8, 4) is 5.75 Å². The molecule has 1 aliphatic rings. The fraction of sp³-hybridized carbons (Fsp3) is 0.815. The Labute approximate surface area is 201 Å². The van der Waals surface area contributed by atoms with E-state index in [9.17, 15) is 4.79 Å². The lowest BCUT2D eigenvalue weighted by molar-refractivity contribution is -0.0637. The van der Waals surface area contributed by atoms with Gasteiger partial charge in [0.25, 0.3) is 0 Å². The molecule has 1 atom stereocenters. The van der Waals surface area contributed by atoms with Crippen LogP contribution < -0.4 is 4.74 Å². The minimum absolute atomic E-state index is 0.296. The maximum Gasteiger partial charge on any atom is 0.346 e. The molecule has 2 rings (SSSR count). The highest BCUT2D eigenvalue weighted by Crippen LogP contribution is 2.22. The molecule has 0 bridgehead atoms. The average molecular weight is 466 g/mol. The molecule has 0 N–H and O–H groups in total. The van der Waals surface area contributed by atoms with Crippen LogP contribution in [0.4, 0.5) is 0 Å². The number of carbonyl (C=O) groups is 1. The van der Waals surface area contributed by atoms with Gasteiger partial charge in [-0.25, -0.2) is 4.79 Å². The van der Waals surface area contributed by atoms with E-state index in [0.717, 1.165) is 25.9 Å². The molecule has 0 aromatic carbocycles. The molecule has 1 unspecified atom stereocenters. The Balaban J connectivity index is 1.46. The van der Waals surface area contributed by atoms with E-state index in [-0.39, 0.29) is 6.23 Å². The maximum absolute atomic E-state index is 12.5. The van der Waals surface area contributed by atoms with E-state index >= 15 is 0 Å². The first kappa shape index (κ1) is 27.7. The fourth-order valence-electron chi connectivity index (χ4n) is 4.26. The summed E-state index contributed by atoms with van der Waals surface area (Å²) in [5.74, 6) is 0.0718. The van der Waals surface area contributed by atoms with Crippen molar-refractivity contribution in [1.29, 1.82) is 0 Å². The largest absolute Gasteiger partial charge is 0.489 e. The predicted molar refractivity (Wildman–Crippen MR) is 132 cm³/mol. The zero-order valence-electron chi connectivity index (χ0n) is 21.2. The van der Waals surface area contributed by atoms with E-state index in [1.54, 1.807) is 0 Å². The summed E-state index contributed by atoms with van der Waals surface area (Å²) in [7, 11) is 0. The lowest BCUT2D eigenvalue weighted by Crippen LogP contribution is -2.44. The van der Waals surface area contributed by atoms with Gasteiger partial charge in [-0.3, -0.25) is 4.90 Å². The number of unbranched alkanes of at least 4 members (excludes halogenated alkanes) is 13. The molecule has 6 nitrogen and oxygen atoms in total. The molecule has 6 heteroatoms. The lowest BCUT2D eigenvalue weighted by Gasteiger charge is -2.31. The van der Waals surface area contributed by atoms with E-state index in [1.165, 1.54) is 89.6 Å². The number of ether oxygens (including phenoxy) is 3. The topological polar surface area (TPSA) is 61.1 Å². The minimum Gasteiger partial charge on any atom is -0.489 e. The molecule has 1 aromatic rings. The zero-order chi connectivity index (χ0) is 23.6. The number of hydrogen-bond acceptors (Lipinski definition) is 6. The second kappa shape index (κ2) is 17.9. The van der Waals surface area contributed by atoms with Gasteiger partial charge in [-0.05, 0) is 13.3 Å². The highest BCUT2D eigenvalue weighted by atomic mass is 16.6. The summed E-state index contributed by atoms with van der Waals surface area (Å²) in [6, 6.07) is 0.